The van der Waals surface area contributed by atoms with Crippen molar-refractivity contribution < 1.29 is 13.2 Å². The van der Waals surface area contributed by atoms with E-state index in [1.807, 2.05) is 25.1 Å². The summed E-state index contributed by atoms with van der Waals surface area (Å²) in [5.41, 5.74) is 1.29. The first-order valence-electron chi connectivity index (χ1n) is 7.15. The molecule has 0 aliphatic heterocycles. The van der Waals surface area contributed by atoms with E-state index in [1.54, 1.807) is 12.3 Å². The smallest absolute Gasteiger partial charge is 0.169 e. The lowest BCUT2D eigenvalue weighted by Crippen LogP contribution is -2.22. The predicted molar refractivity (Wildman–Crippen MR) is 79.8 cm³/mol. The fourth-order valence-corrected chi connectivity index (χ4v) is 2.48. The zero-order valence-corrected chi connectivity index (χ0v) is 12.2. The quantitative estimate of drug-likeness (QED) is 0.747. The van der Waals surface area contributed by atoms with E-state index in [2.05, 4.69) is 12.2 Å². The van der Waals surface area contributed by atoms with Crippen molar-refractivity contribution in [2.75, 3.05) is 6.54 Å². The first-order chi connectivity index (χ1) is 10.2. The Morgan fingerprint density at radius 3 is 2.81 bits per heavy atom. The van der Waals surface area contributed by atoms with Crippen molar-refractivity contribution in [3.05, 3.63) is 59.5 Å². The molecule has 0 spiro atoms. The molecule has 1 unspecified atom stereocenters. The van der Waals surface area contributed by atoms with Gasteiger partial charge in [-0.2, -0.15) is 0 Å². The summed E-state index contributed by atoms with van der Waals surface area (Å²) in [4.78, 5) is 0. The molecular weight excluding hydrogens is 269 g/mol. The predicted octanol–water partition coefficient (Wildman–Crippen LogP) is 4.56. The molecule has 1 N–H and O–H groups in total. The number of fused-ring (bicyclic) bond motifs is 1. The van der Waals surface area contributed by atoms with Gasteiger partial charge in [0.1, 0.15) is 11.5 Å². The number of nitrogens with one attached hydrogen (secondary N) is 1. The van der Waals surface area contributed by atoms with E-state index in [0.29, 0.717) is 11.3 Å². The molecule has 0 bridgehead atoms. The molecule has 2 heterocycles. The highest BCUT2D eigenvalue weighted by atomic mass is 19.1. The molecule has 21 heavy (non-hydrogen) atoms. The van der Waals surface area contributed by atoms with Crippen LogP contribution in [0.15, 0.2) is 45.4 Å². The molecular formula is C17H18FNO2. The van der Waals surface area contributed by atoms with Crippen molar-refractivity contribution in [1.29, 1.82) is 0 Å². The molecule has 3 aromatic rings. The van der Waals surface area contributed by atoms with E-state index >= 15 is 0 Å². The summed E-state index contributed by atoms with van der Waals surface area (Å²) in [6, 6.07) is 8.67. The van der Waals surface area contributed by atoms with Gasteiger partial charge >= 0.3 is 0 Å². The lowest BCUT2D eigenvalue weighted by Gasteiger charge is -2.14. The third kappa shape index (κ3) is 2.72. The summed E-state index contributed by atoms with van der Waals surface area (Å²) >= 11 is 0. The van der Waals surface area contributed by atoms with Gasteiger partial charge in [-0.05, 0) is 38.1 Å². The number of hydrogen-bond donors (Lipinski definition) is 1. The summed E-state index contributed by atoms with van der Waals surface area (Å²) in [5, 5.41) is 4.19. The van der Waals surface area contributed by atoms with Crippen LogP contribution in [0.1, 0.15) is 36.5 Å². The molecule has 3 rings (SSSR count). The Morgan fingerprint density at radius 2 is 2.14 bits per heavy atom. The first kappa shape index (κ1) is 13.9. The lowest BCUT2D eigenvalue weighted by molar-refractivity contribution is 0.454. The highest BCUT2D eigenvalue weighted by Gasteiger charge is 2.20. The highest BCUT2D eigenvalue weighted by Crippen LogP contribution is 2.30. The van der Waals surface area contributed by atoms with E-state index < -0.39 is 0 Å². The van der Waals surface area contributed by atoms with Crippen LogP contribution in [-0.4, -0.2) is 6.54 Å². The molecule has 110 valence electrons. The van der Waals surface area contributed by atoms with Gasteiger partial charge in [-0.15, -0.1) is 0 Å². The Bertz CT molecular complexity index is 744. The topological polar surface area (TPSA) is 38.3 Å². The van der Waals surface area contributed by atoms with Crippen LogP contribution in [0.4, 0.5) is 4.39 Å². The van der Waals surface area contributed by atoms with Gasteiger partial charge in [0.05, 0.1) is 12.3 Å². The van der Waals surface area contributed by atoms with Crippen molar-refractivity contribution in [3.8, 4) is 0 Å². The van der Waals surface area contributed by atoms with E-state index in [9.17, 15) is 4.39 Å². The number of para-hydroxylation sites is 1. The second kappa shape index (κ2) is 5.74. The molecule has 1 atom stereocenters. The molecule has 3 nitrogen and oxygen atoms in total. The van der Waals surface area contributed by atoms with Gasteiger partial charge in [-0.1, -0.05) is 19.1 Å². The monoisotopic (exact) mass is 287 g/mol. The van der Waals surface area contributed by atoms with Gasteiger partial charge in [-0.3, -0.25) is 0 Å². The molecule has 0 aliphatic rings. The lowest BCUT2D eigenvalue weighted by atomic mass is 10.1. The number of aryl methyl sites for hydroxylation is 1. The van der Waals surface area contributed by atoms with Crippen molar-refractivity contribution >= 4 is 11.0 Å². The summed E-state index contributed by atoms with van der Waals surface area (Å²) in [7, 11) is 0. The highest BCUT2D eigenvalue weighted by molar-refractivity contribution is 5.78. The number of benzene rings is 1. The average Bonchev–Trinajstić information content (AvgIpc) is 3.07. The summed E-state index contributed by atoms with van der Waals surface area (Å²) in [6.07, 6.45) is 2.72. The van der Waals surface area contributed by atoms with Crippen LogP contribution < -0.4 is 5.32 Å². The van der Waals surface area contributed by atoms with Crippen LogP contribution in [-0.2, 0) is 0 Å². The van der Waals surface area contributed by atoms with Crippen molar-refractivity contribution in [3.63, 3.8) is 0 Å². The van der Waals surface area contributed by atoms with Crippen LogP contribution in [0.2, 0.25) is 0 Å². The zero-order valence-electron chi connectivity index (χ0n) is 12.2. The third-order valence-electron chi connectivity index (χ3n) is 3.48. The third-order valence-corrected chi connectivity index (χ3v) is 3.48. The Kier molecular flexibility index (Phi) is 3.80. The fourth-order valence-electron chi connectivity index (χ4n) is 2.48. The van der Waals surface area contributed by atoms with Crippen LogP contribution >= 0.6 is 0 Å². The maximum absolute atomic E-state index is 13.8. The Labute approximate surface area is 122 Å². The van der Waals surface area contributed by atoms with Crippen LogP contribution in [0.5, 0.6) is 0 Å². The average molecular weight is 287 g/mol. The van der Waals surface area contributed by atoms with Gasteiger partial charge in [0.25, 0.3) is 0 Å². The molecule has 1 aromatic carbocycles. The van der Waals surface area contributed by atoms with Gasteiger partial charge in [0.15, 0.2) is 11.4 Å². The second-order valence-corrected chi connectivity index (χ2v) is 5.18. The molecule has 0 saturated heterocycles. The maximum atomic E-state index is 13.8. The van der Waals surface area contributed by atoms with Gasteiger partial charge in [0.2, 0.25) is 0 Å². The second-order valence-electron chi connectivity index (χ2n) is 5.18. The van der Waals surface area contributed by atoms with Gasteiger partial charge in [-0.25, -0.2) is 4.39 Å². The minimum absolute atomic E-state index is 0.130. The van der Waals surface area contributed by atoms with Crippen LogP contribution in [0.3, 0.4) is 0 Å². The summed E-state index contributed by atoms with van der Waals surface area (Å²) in [5.74, 6) is 1.20. The molecule has 0 aliphatic carbocycles. The number of hydrogen-bond acceptors (Lipinski definition) is 3. The molecule has 2 aromatic heterocycles. The molecule has 0 fully saturated rings. The summed E-state index contributed by atoms with van der Waals surface area (Å²) < 4.78 is 24.9. The first-order valence-corrected chi connectivity index (χ1v) is 7.15. The number of rotatable bonds is 5. The largest absolute Gasteiger partial charge is 0.469 e. The maximum Gasteiger partial charge on any atom is 0.169 e. The van der Waals surface area contributed by atoms with Crippen molar-refractivity contribution in [2.24, 2.45) is 0 Å². The van der Waals surface area contributed by atoms with E-state index in [1.165, 1.54) is 6.07 Å². The number of furan rings is 2. The standard InChI is InChI=1S/C17H18FNO2/c1-3-7-19-16(13-8-11(2)20-10-13)15-9-12-5-4-6-14(18)17(12)21-15/h4-6,8-10,16,19H,3,7H2,1-2H3. The van der Waals surface area contributed by atoms with Crippen LogP contribution in [0, 0.1) is 12.7 Å². The van der Waals surface area contributed by atoms with Crippen molar-refractivity contribution in [2.45, 2.75) is 26.3 Å². The van der Waals surface area contributed by atoms with Gasteiger partial charge < -0.3 is 14.2 Å². The normalized spacial score (nSPS) is 12.9. The minimum Gasteiger partial charge on any atom is -0.469 e. The Morgan fingerprint density at radius 1 is 1.29 bits per heavy atom. The zero-order chi connectivity index (χ0) is 14.8. The van der Waals surface area contributed by atoms with Gasteiger partial charge in [0, 0.05) is 10.9 Å². The molecule has 0 saturated carbocycles. The van der Waals surface area contributed by atoms with E-state index in [-0.39, 0.29) is 11.9 Å². The Hall–Kier alpha value is -2.07. The van der Waals surface area contributed by atoms with E-state index in [0.717, 1.165) is 29.7 Å². The van der Waals surface area contributed by atoms with E-state index in [4.69, 9.17) is 8.83 Å². The Balaban J connectivity index is 2.03. The van der Waals surface area contributed by atoms with Crippen LogP contribution in [0.25, 0.3) is 11.0 Å². The molecule has 0 amide bonds. The fraction of sp³-hybridized carbons (Fsp3) is 0.294. The molecule has 4 heteroatoms. The number of halogens is 1. The van der Waals surface area contributed by atoms with Crippen molar-refractivity contribution in [1.82, 2.24) is 5.32 Å². The molecule has 0 radical (unpaired) electrons. The minimum atomic E-state index is -0.337. The SMILES string of the molecule is CCCNC(c1coc(C)c1)c1cc2cccc(F)c2o1. The summed E-state index contributed by atoms with van der Waals surface area (Å²) in [6.45, 7) is 4.84.